The highest BCUT2D eigenvalue weighted by Crippen LogP contribution is 2.18. The monoisotopic (exact) mass is 242 g/mol. The van der Waals surface area contributed by atoms with Crippen molar-refractivity contribution in [2.75, 3.05) is 6.54 Å². The van der Waals surface area contributed by atoms with E-state index in [0.717, 1.165) is 18.7 Å². The summed E-state index contributed by atoms with van der Waals surface area (Å²) >= 11 is 1.70. The van der Waals surface area contributed by atoms with Gasteiger partial charge in [-0.25, -0.2) is 4.98 Å². The van der Waals surface area contributed by atoms with Gasteiger partial charge in [0.15, 0.2) is 0 Å². The fourth-order valence-corrected chi connectivity index (χ4v) is 1.98. The lowest BCUT2D eigenvalue weighted by Gasteiger charge is -2.25. The van der Waals surface area contributed by atoms with Crippen LogP contribution in [0.15, 0.2) is 5.38 Å². The van der Waals surface area contributed by atoms with Crippen LogP contribution in [0.3, 0.4) is 0 Å². The van der Waals surface area contributed by atoms with Gasteiger partial charge >= 0.3 is 0 Å². The standard InChI is InChI=1S/C12H22N2OS/c1-5-11-14-9(8-16-11)6-13-7-10(15)12(2,3)4/h8,10,13,15H,5-7H2,1-4H3. The average Bonchev–Trinajstić information content (AvgIpc) is 2.64. The van der Waals surface area contributed by atoms with E-state index in [-0.39, 0.29) is 11.5 Å². The molecule has 0 saturated heterocycles. The predicted molar refractivity (Wildman–Crippen MR) is 68.7 cm³/mol. The van der Waals surface area contributed by atoms with Crippen molar-refractivity contribution in [3.63, 3.8) is 0 Å². The van der Waals surface area contributed by atoms with Crippen molar-refractivity contribution in [1.82, 2.24) is 10.3 Å². The quantitative estimate of drug-likeness (QED) is 0.832. The molecular formula is C12H22N2OS. The fourth-order valence-electron chi connectivity index (χ4n) is 1.24. The van der Waals surface area contributed by atoms with E-state index in [9.17, 15) is 5.11 Å². The molecular weight excluding hydrogens is 220 g/mol. The number of nitrogens with zero attached hydrogens (tertiary/aromatic N) is 1. The number of nitrogens with one attached hydrogen (secondary N) is 1. The smallest absolute Gasteiger partial charge is 0.0926 e. The molecule has 2 N–H and O–H groups in total. The molecule has 1 heterocycles. The summed E-state index contributed by atoms with van der Waals surface area (Å²) in [5.74, 6) is 0. The Morgan fingerprint density at radius 2 is 2.19 bits per heavy atom. The summed E-state index contributed by atoms with van der Waals surface area (Å²) in [4.78, 5) is 4.46. The molecule has 0 saturated carbocycles. The molecule has 0 aliphatic carbocycles. The Kier molecular flexibility index (Phi) is 4.89. The van der Waals surface area contributed by atoms with Crippen LogP contribution in [-0.4, -0.2) is 22.7 Å². The van der Waals surface area contributed by atoms with E-state index in [1.807, 2.05) is 20.8 Å². The number of aromatic nitrogens is 1. The number of thiazole rings is 1. The van der Waals surface area contributed by atoms with E-state index in [0.29, 0.717) is 6.54 Å². The van der Waals surface area contributed by atoms with E-state index in [1.165, 1.54) is 5.01 Å². The van der Waals surface area contributed by atoms with Gasteiger partial charge in [0.1, 0.15) is 0 Å². The Labute approximate surface area is 102 Å². The summed E-state index contributed by atoms with van der Waals surface area (Å²) in [5, 5.41) is 16.3. The molecule has 0 aliphatic rings. The Balaban J connectivity index is 2.30. The van der Waals surface area contributed by atoms with E-state index >= 15 is 0 Å². The maximum Gasteiger partial charge on any atom is 0.0926 e. The first-order chi connectivity index (χ1) is 7.43. The molecule has 0 bridgehead atoms. The molecule has 16 heavy (non-hydrogen) atoms. The van der Waals surface area contributed by atoms with Crippen LogP contribution in [0.25, 0.3) is 0 Å². The second-order valence-electron chi connectivity index (χ2n) is 5.10. The molecule has 1 rings (SSSR count). The van der Waals surface area contributed by atoms with Crippen LogP contribution in [0.5, 0.6) is 0 Å². The zero-order valence-corrected chi connectivity index (χ0v) is 11.4. The second kappa shape index (κ2) is 5.75. The topological polar surface area (TPSA) is 45.2 Å². The SMILES string of the molecule is CCc1nc(CNCC(O)C(C)(C)C)cs1. The summed E-state index contributed by atoms with van der Waals surface area (Å²) < 4.78 is 0. The first-order valence-corrected chi connectivity index (χ1v) is 6.63. The lowest BCUT2D eigenvalue weighted by molar-refractivity contribution is 0.0627. The Morgan fingerprint density at radius 1 is 1.50 bits per heavy atom. The van der Waals surface area contributed by atoms with Crippen molar-refractivity contribution >= 4 is 11.3 Å². The molecule has 4 heteroatoms. The maximum absolute atomic E-state index is 9.83. The molecule has 0 spiro atoms. The highest BCUT2D eigenvalue weighted by atomic mass is 32.1. The van der Waals surface area contributed by atoms with Gasteiger partial charge in [-0.05, 0) is 11.8 Å². The van der Waals surface area contributed by atoms with Crippen molar-refractivity contribution in [2.45, 2.75) is 46.8 Å². The Hall–Kier alpha value is -0.450. The number of rotatable bonds is 5. The minimum absolute atomic E-state index is 0.0658. The van der Waals surface area contributed by atoms with Gasteiger partial charge in [0.05, 0.1) is 16.8 Å². The van der Waals surface area contributed by atoms with Gasteiger partial charge in [-0.2, -0.15) is 0 Å². The second-order valence-corrected chi connectivity index (χ2v) is 6.04. The largest absolute Gasteiger partial charge is 0.391 e. The summed E-state index contributed by atoms with van der Waals surface area (Å²) in [6, 6.07) is 0. The van der Waals surface area contributed by atoms with Crippen LogP contribution >= 0.6 is 11.3 Å². The van der Waals surface area contributed by atoms with Gasteiger partial charge in [0, 0.05) is 18.5 Å². The number of aliphatic hydroxyl groups is 1. The third kappa shape index (κ3) is 4.20. The summed E-state index contributed by atoms with van der Waals surface area (Å²) in [6.45, 7) is 9.58. The van der Waals surface area contributed by atoms with Gasteiger partial charge in [-0.15, -0.1) is 11.3 Å². The molecule has 1 atom stereocenters. The molecule has 1 unspecified atom stereocenters. The van der Waals surface area contributed by atoms with E-state index in [1.54, 1.807) is 11.3 Å². The van der Waals surface area contributed by atoms with Crippen LogP contribution in [0.4, 0.5) is 0 Å². The average molecular weight is 242 g/mol. The van der Waals surface area contributed by atoms with Crippen molar-refractivity contribution < 1.29 is 5.11 Å². The van der Waals surface area contributed by atoms with Gasteiger partial charge < -0.3 is 10.4 Å². The van der Waals surface area contributed by atoms with E-state index in [4.69, 9.17) is 0 Å². The summed E-state index contributed by atoms with van der Waals surface area (Å²) in [6.07, 6.45) is 0.673. The molecule has 92 valence electrons. The third-order valence-electron chi connectivity index (χ3n) is 2.55. The minimum Gasteiger partial charge on any atom is -0.391 e. The highest BCUT2D eigenvalue weighted by molar-refractivity contribution is 7.09. The number of hydrogen-bond acceptors (Lipinski definition) is 4. The Bertz CT molecular complexity index is 317. The van der Waals surface area contributed by atoms with Gasteiger partial charge in [-0.1, -0.05) is 27.7 Å². The van der Waals surface area contributed by atoms with Crippen LogP contribution < -0.4 is 5.32 Å². The van der Waals surface area contributed by atoms with Crippen LogP contribution in [0.2, 0.25) is 0 Å². The molecule has 0 radical (unpaired) electrons. The van der Waals surface area contributed by atoms with Crippen LogP contribution in [0, 0.1) is 5.41 Å². The van der Waals surface area contributed by atoms with Gasteiger partial charge in [0.2, 0.25) is 0 Å². The van der Waals surface area contributed by atoms with E-state index < -0.39 is 0 Å². The van der Waals surface area contributed by atoms with Gasteiger partial charge in [0.25, 0.3) is 0 Å². The third-order valence-corrected chi connectivity index (χ3v) is 3.59. The van der Waals surface area contributed by atoms with Crippen LogP contribution in [0.1, 0.15) is 38.4 Å². The van der Waals surface area contributed by atoms with Crippen molar-refractivity contribution in [3.05, 3.63) is 16.1 Å². The van der Waals surface area contributed by atoms with Crippen molar-refractivity contribution in [3.8, 4) is 0 Å². The first kappa shape index (κ1) is 13.6. The molecule has 3 nitrogen and oxygen atoms in total. The molecule has 1 aromatic heterocycles. The summed E-state index contributed by atoms with van der Waals surface area (Å²) in [5.41, 5.74) is 1.01. The number of aliphatic hydroxyl groups excluding tert-OH is 1. The Morgan fingerprint density at radius 3 is 2.69 bits per heavy atom. The zero-order valence-electron chi connectivity index (χ0n) is 10.6. The van der Waals surface area contributed by atoms with Crippen LogP contribution in [-0.2, 0) is 13.0 Å². The molecule has 0 fully saturated rings. The molecule has 0 aromatic carbocycles. The summed E-state index contributed by atoms with van der Waals surface area (Å²) in [7, 11) is 0. The van der Waals surface area contributed by atoms with Crippen molar-refractivity contribution in [2.24, 2.45) is 5.41 Å². The zero-order chi connectivity index (χ0) is 12.2. The van der Waals surface area contributed by atoms with E-state index in [2.05, 4.69) is 22.6 Å². The predicted octanol–water partition coefficient (Wildman–Crippen LogP) is 2.20. The lowest BCUT2D eigenvalue weighted by Crippen LogP contribution is -2.36. The first-order valence-electron chi connectivity index (χ1n) is 5.75. The van der Waals surface area contributed by atoms with Crippen molar-refractivity contribution in [1.29, 1.82) is 0 Å². The number of hydrogen-bond donors (Lipinski definition) is 2. The fraction of sp³-hybridized carbons (Fsp3) is 0.750. The van der Waals surface area contributed by atoms with Gasteiger partial charge in [-0.3, -0.25) is 0 Å². The minimum atomic E-state index is -0.322. The lowest BCUT2D eigenvalue weighted by atomic mass is 9.89. The molecule has 1 aromatic rings. The number of aryl methyl sites for hydroxylation is 1. The maximum atomic E-state index is 9.83. The normalized spacial score (nSPS) is 14.1. The molecule has 0 amide bonds. The highest BCUT2D eigenvalue weighted by Gasteiger charge is 2.21. The molecule has 0 aliphatic heterocycles.